The van der Waals surface area contributed by atoms with E-state index >= 15 is 0 Å². The van der Waals surface area contributed by atoms with Crippen LogP contribution in [-0.2, 0) is 6.54 Å². The number of nitrogens with zero attached hydrogens (tertiary/aromatic N) is 5. The molecule has 0 aliphatic carbocycles. The highest BCUT2D eigenvalue weighted by molar-refractivity contribution is 6.08. The Morgan fingerprint density at radius 1 is 1.03 bits per heavy atom. The molecule has 11 heteroatoms. The standard InChI is InChI=1S/C25H22F2N8O/c26-25(27)4-6-35(7-5-25)14-18-2-1-3-20(31-18)24(36)32-21-9-15(10-22-19(21)13-30-33-22)16-8-17-12-29-34-23(17)28-11-16/h1-3,8-13H,4-7,14H2,(H,30,33)(H,32,36)(H,28,29,34). The Hall–Kier alpha value is -4.25. The lowest BCUT2D eigenvalue weighted by Gasteiger charge is -2.31. The first kappa shape index (κ1) is 22.2. The van der Waals surface area contributed by atoms with E-state index in [0.717, 1.165) is 27.4 Å². The van der Waals surface area contributed by atoms with Gasteiger partial charge in [-0.15, -0.1) is 0 Å². The third-order valence-corrected chi connectivity index (χ3v) is 6.44. The molecule has 0 unspecified atom stereocenters. The topological polar surface area (TPSA) is 115 Å². The van der Waals surface area contributed by atoms with Crippen molar-refractivity contribution in [3.05, 3.63) is 66.4 Å². The van der Waals surface area contributed by atoms with Gasteiger partial charge in [0.1, 0.15) is 5.69 Å². The molecule has 5 heterocycles. The summed E-state index contributed by atoms with van der Waals surface area (Å²) in [5.74, 6) is -2.97. The number of hydrogen-bond acceptors (Lipinski definition) is 6. The summed E-state index contributed by atoms with van der Waals surface area (Å²) in [6.07, 6.45) is 4.78. The fourth-order valence-electron chi connectivity index (χ4n) is 4.46. The SMILES string of the molecule is O=C(Nc1cc(-c2cnc3[nH]ncc3c2)cc2[nH]ncc12)c1cccc(CN2CCC(F)(F)CC2)n1. The highest BCUT2D eigenvalue weighted by atomic mass is 19.3. The smallest absolute Gasteiger partial charge is 0.274 e. The Bertz CT molecular complexity index is 1570. The van der Waals surface area contributed by atoms with E-state index in [1.165, 1.54) is 0 Å². The number of carbonyl (C=O) groups excluding carboxylic acids is 1. The molecular formula is C25H22F2N8O. The molecule has 0 bridgehead atoms. The number of benzene rings is 1. The van der Waals surface area contributed by atoms with E-state index in [4.69, 9.17) is 0 Å². The molecule has 0 radical (unpaired) electrons. The van der Waals surface area contributed by atoms with E-state index in [1.807, 2.05) is 23.1 Å². The average molecular weight is 489 g/mol. The number of alkyl halides is 2. The summed E-state index contributed by atoms with van der Waals surface area (Å²) in [5, 5.41) is 18.5. The largest absolute Gasteiger partial charge is 0.320 e. The Morgan fingerprint density at radius 2 is 1.86 bits per heavy atom. The van der Waals surface area contributed by atoms with E-state index in [-0.39, 0.29) is 24.4 Å². The lowest BCUT2D eigenvalue weighted by Crippen LogP contribution is -2.39. The van der Waals surface area contributed by atoms with Crippen LogP contribution in [0.2, 0.25) is 0 Å². The highest BCUT2D eigenvalue weighted by Crippen LogP contribution is 2.31. The zero-order valence-corrected chi connectivity index (χ0v) is 19.1. The van der Waals surface area contributed by atoms with Gasteiger partial charge in [-0.05, 0) is 35.9 Å². The fraction of sp³-hybridized carbons (Fsp3) is 0.240. The molecule has 3 N–H and O–H groups in total. The van der Waals surface area contributed by atoms with Crippen LogP contribution < -0.4 is 5.32 Å². The van der Waals surface area contributed by atoms with Crippen LogP contribution in [0.15, 0.2) is 55.0 Å². The molecule has 4 aromatic heterocycles. The van der Waals surface area contributed by atoms with Crippen LogP contribution in [0.25, 0.3) is 33.1 Å². The Balaban J connectivity index is 1.25. The summed E-state index contributed by atoms with van der Waals surface area (Å²) < 4.78 is 26.9. The monoisotopic (exact) mass is 488 g/mol. The lowest BCUT2D eigenvalue weighted by atomic mass is 10.0. The predicted octanol–water partition coefficient (Wildman–Crippen LogP) is 4.38. The molecule has 6 rings (SSSR count). The van der Waals surface area contributed by atoms with Gasteiger partial charge < -0.3 is 5.32 Å². The number of amides is 1. The number of piperidine rings is 1. The number of halogens is 2. The second-order valence-corrected chi connectivity index (χ2v) is 8.99. The van der Waals surface area contributed by atoms with Gasteiger partial charge in [0.25, 0.3) is 11.8 Å². The second kappa shape index (κ2) is 8.76. The Labute approximate surface area is 203 Å². The first-order chi connectivity index (χ1) is 17.4. The number of nitrogens with one attached hydrogen (secondary N) is 3. The number of pyridine rings is 2. The third-order valence-electron chi connectivity index (χ3n) is 6.44. The van der Waals surface area contributed by atoms with E-state index < -0.39 is 5.92 Å². The third kappa shape index (κ3) is 4.40. The molecule has 9 nitrogen and oxygen atoms in total. The van der Waals surface area contributed by atoms with Crippen molar-refractivity contribution in [2.24, 2.45) is 0 Å². The number of likely N-dealkylation sites (tertiary alicyclic amines) is 1. The molecule has 182 valence electrons. The summed E-state index contributed by atoms with van der Waals surface area (Å²) in [4.78, 5) is 24.0. The minimum absolute atomic E-state index is 0.159. The van der Waals surface area contributed by atoms with Gasteiger partial charge >= 0.3 is 0 Å². The van der Waals surface area contributed by atoms with Crippen LogP contribution in [0.3, 0.4) is 0 Å². The maximum Gasteiger partial charge on any atom is 0.274 e. The molecule has 36 heavy (non-hydrogen) atoms. The van der Waals surface area contributed by atoms with E-state index in [2.05, 4.69) is 35.7 Å². The molecule has 1 aromatic carbocycles. The summed E-state index contributed by atoms with van der Waals surface area (Å²) in [6, 6.07) is 11.0. The van der Waals surface area contributed by atoms with Crippen LogP contribution in [0.5, 0.6) is 0 Å². The number of aromatic nitrogens is 6. The number of anilines is 1. The van der Waals surface area contributed by atoms with E-state index in [9.17, 15) is 13.6 Å². The van der Waals surface area contributed by atoms with E-state index in [1.54, 1.807) is 36.8 Å². The molecule has 5 aromatic rings. The number of H-pyrrole nitrogens is 2. The highest BCUT2D eigenvalue weighted by Gasteiger charge is 2.33. The van der Waals surface area contributed by atoms with E-state index in [0.29, 0.717) is 36.7 Å². The number of aromatic amines is 2. The van der Waals surface area contributed by atoms with Gasteiger partial charge in [-0.2, -0.15) is 10.2 Å². The fourth-order valence-corrected chi connectivity index (χ4v) is 4.46. The van der Waals surface area contributed by atoms with Gasteiger partial charge in [0.15, 0.2) is 5.65 Å². The number of carbonyl (C=O) groups is 1. The second-order valence-electron chi connectivity index (χ2n) is 8.99. The Kier molecular flexibility index (Phi) is 5.41. The molecule has 1 aliphatic rings. The minimum atomic E-state index is -2.60. The summed E-state index contributed by atoms with van der Waals surface area (Å²) >= 11 is 0. The molecular weight excluding hydrogens is 466 g/mol. The van der Waals surface area contributed by atoms with Crippen molar-refractivity contribution < 1.29 is 13.6 Å². The Morgan fingerprint density at radius 3 is 2.72 bits per heavy atom. The van der Waals surface area contributed by atoms with Crippen molar-refractivity contribution in [2.45, 2.75) is 25.3 Å². The molecule has 0 atom stereocenters. The van der Waals surface area contributed by atoms with Crippen LogP contribution in [0, 0.1) is 0 Å². The maximum atomic E-state index is 13.5. The van der Waals surface area contributed by atoms with Gasteiger partial charge in [-0.25, -0.2) is 18.7 Å². The van der Waals surface area contributed by atoms with Crippen molar-refractivity contribution in [2.75, 3.05) is 18.4 Å². The van der Waals surface area contributed by atoms with Crippen molar-refractivity contribution in [3.63, 3.8) is 0 Å². The van der Waals surface area contributed by atoms with Gasteiger partial charge in [0.05, 0.1) is 29.3 Å². The normalized spacial score (nSPS) is 15.9. The summed E-state index contributed by atoms with van der Waals surface area (Å²) in [6.45, 7) is 1.02. The first-order valence-corrected chi connectivity index (χ1v) is 11.6. The number of rotatable bonds is 5. The van der Waals surface area contributed by atoms with Crippen molar-refractivity contribution in [1.82, 2.24) is 35.3 Å². The molecule has 1 saturated heterocycles. The van der Waals surface area contributed by atoms with Crippen molar-refractivity contribution in [1.29, 1.82) is 0 Å². The number of hydrogen-bond donors (Lipinski definition) is 3. The van der Waals surface area contributed by atoms with Crippen LogP contribution in [-0.4, -0.2) is 60.2 Å². The lowest BCUT2D eigenvalue weighted by molar-refractivity contribution is -0.0568. The molecule has 1 fully saturated rings. The van der Waals surface area contributed by atoms with Gasteiger partial charge in [-0.1, -0.05) is 6.07 Å². The van der Waals surface area contributed by atoms with Crippen molar-refractivity contribution >= 4 is 33.5 Å². The zero-order chi connectivity index (χ0) is 24.7. The average Bonchev–Trinajstić information content (AvgIpc) is 3.54. The molecule has 1 amide bonds. The maximum absolute atomic E-state index is 13.5. The zero-order valence-electron chi connectivity index (χ0n) is 19.1. The van der Waals surface area contributed by atoms with Crippen LogP contribution in [0.4, 0.5) is 14.5 Å². The summed E-state index contributed by atoms with van der Waals surface area (Å²) in [5.41, 5.74) is 4.66. The molecule has 1 aliphatic heterocycles. The van der Waals surface area contributed by atoms with Gasteiger partial charge in [0, 0.05) is 55.0 Å². The van der Waals surface area contributed by atoms with Gasteiger partial charge in [0.2, 0.25) is 0 Å². The van der Waals surface area contributed by atoms with Crippen LogP contribution in [0.1, 0.15) is 29.0 Å². The van der Waals surface area contributed by atoms with Crippen LogP contribution >= 0.6 is 0 Å². The quantitative estimate of drug-likeness (QED) is 0.338. The predicted molar refractivity (Wildman–Crippen MR) is 131 cm³/mol. The summed E-state index contributed by atoms with van der Waals surface area (Å²) in [7, 11) is 0. The molecule has 0 spiro atoms. The van der Waals surface area contributed by atoms with Gasteiger partial charge in [-0.3, -0.25) is 19.9 Å². The van der Waals surface area contributed by atoms with Crippen molar-refractivity contribution in [3.8, 4) is 11.1 Å². The minimum Gasteiger partial charge on any atom is -0.320 e. The first-order valence-electron chi connectivity index (χ1n) is 11.6. The number of fused-ring (bicyclic) bond motifs is 2. The molecule has 0 saturated carbocycles.